The van der Waals surface area contributed by atoms with Crippen molar-refractivity contribution in [1.82, 2.24) is 13.6 Å². The molecule has 15 nitrogen and oxygen atoms in total. The minimum Gasteiger partial charge on any atom is -0.378 e. The predicted octanol–water partition coefficient (Wildman–Crippen LogP) is 9.34. The van der Waals surface area contributed by atoms with E-state index in [2.05, 4.69) is 106 Å². The summed E-state index contributed by atoms with van der Waals surface area (Å²) in [5.74, 6) is 0.796. The smallest absolute Gasteiger partial charge is 0.187 e. The summed E-state index contributed by atoms with van der Waals surface area (Å²) in [5, 5.41) is 9.95. The van der Waals surface area contributed by atoms with Gasteiger partial charge in [0.25, 0.3) is 0 Å². The zero-order chi connectivity index (χ0) is 52.1. The number of ether oxygens (including phenoxy) is 6. The Balaban J connectivity index is 0.000000131. The van der Waals surface area contributed by atoms with Crippen LogP contribution in [-0.4, -0.2) is 171 Å². The molecule has 0 radical (unpaired) electrons. The highest BCUT2D eigenvalue weighted by molar-refractivity contribution is 6.99. The quantitative estimate of drug-likeness (QED) is 0.160. The lowest BCUT2D eigenvalue weighted by molar-refractivity contribution is 0.0526. The molecule has 0 amide bonds. The Morgan fingerprint density at radius 1 is 0.453 bits per heavy atom. The molecule has 0 N–H and O–H groups in total. The molecule has 0 unspecified atom stereocenters. The second-order valence-corrected chi connectivity index (χ2v) is 19.7. The average molecular weight is 1090 g/mol. The van der Waals surface area contributed by atoms with Crippen molar-refractivity contribution < 1.29 is 28.4 Å². The van der Waals surface area contributed by atoms with Gasteiger partial charge in [-0.15, -0.1) is 0 Å². The highest BCUT2D eigenvalue weighted by Gasteiger charge is 2.18. The van der Waals surface area contributed by atoms with Gasteiger partial charge in [-0.05, 0) is 99.0 Å². The van der Waals surface area contributed by atoms with Gasteiger partial charge in [-0.1, -0.05) is 65.2 Å². The van der Waals surface area contributed by atoms with Crippen LogP contribution in [0.15, 0.2) is 115 Å². The molecule has 12 rings (SSSR count). The number of para-hydroxylation sites is 1. The van der Waals surface area contributed by atoms with E-state index in [-0.39, 0.29) is 0 Å². The summed E-state index contributed by atoms with van der Waals surface area (Å²) >= 11 is 12.8. The van der Waals surface area contributed by atoms with Crippen LogP contribution in [0.5, 0.6) is 0 Å². The maximum Gasteiger partial charge on any atom is 0.187 e. The lowest BCUT2D eigenvalue weighted by Crippen LogP contribution is -2.36. The molecule has 5 aromatic rings. The standard InChI is InChI=1S/C11H12N2O.C11H15NO.C10H12ClNO.C10H13NO.C9H15NO.C6H8ClN3OS/c12-9-10-1-3-11(4-2-10)13-5-7-14-8-6-13;1-10-2-4-11(5-3-10)12-6-8-13-9-7-12;11-9-1-3-10(4-2-9)12-5-7-13-8-6-12;1-2-4-10(5-3-1)11-6-8-12-9-7-11;1-2-4-9(3-1)10-5-7-11-8-6-10;7-5-6(9-12-8-5)10-1-3-11-4-2-10/h1-4H,5-8H2;2-5H,6-9H2,1H3;1-4H,5-8H2;1-5H,6-9H2;3H,1-2,4-8H2;1-4H2. The first-order valence-corrected chi connectivity index (χ1v) is 27.9. The van der Waals surface area contributed by atoms with Crippen LogP contribution in [0.4, 0.5) is 28.6 Å². The molecule has 7 aliphatic rings. The van der Waals surface area contributed by atoms with Crippen molar-refractivity contribution in [2.24, 2.45) is 0 Å². The van der Waals surface area contributed by atoms with Crippen LogP contribution in [0.1, 0.15) is 30.4 Å². The van der Waals surface area contributed by atoms with Gasteiger partial charge in [0.05, 0.1) is 103 Å². The van der Waals surface area contributed by atoms with Crippen LogP contribution < -0.4 is 24.5 Å². The Morgan fingerprint density at radius 2 is 0.827 bits per heavy atom. The molecule has 4 aromatic carbocycles. The molecule has 7 heterocycles. The molecule has 1 aromatic heterocycles. The third-order valence-electron chi connectivity index (χ3n) is 13.3. The summed E-state index contributed by atoms with van der Waals surface area (Å²) in [7, 11) is 0. The van der Waals surface area contributed by atoms with Gasteiger partial charge in [0.15, 0.2) is 11.0 Å². The highest BCUT2D eigenvalue weighted by Crippen LogP contribution is 2.25. The van der Waals surface area contributed by atoms with Crippen molar-refractivity contribution >= 4 is 63.5 Å². The van der Waals surface area contributed by atoms with E-state index in [9.17, 15) is 0 Å². The third-order valence-corrected chi connectivity index (χ3v) is 14.4. The van der Waals surface area contributed by atoms with E-state index in [1.165, 1.54) is 47.6 Å². The molecule has 75 heavy (non-hydrogen) atoms. The van der Waals surface area contributed by atoms with Crippen LogP contribution in [0.25, 0.3) is 0 Å². The number of anilines is 5. The van der Waals surface area contributed by atoms with Crippen LogP contribution in [0, 0.1) is 18.3 Å². The Hall–Kier alpha value is -5.19. The van der Waals surface area contributed by atoms with Crippen LogP contribution in [0.3, 0.4) is 0 Å². The Bertz CT molecular complexity index is 2320. The lowest BCUT2D eigenvalue weighted by atomic mass is 10.2. The molecular weight excluding hydrogens is 1010 g/mol. The fraction of sp³-hybridized carbons (Fsp3) is 0.491. The Kier molecular flexibility index (Phi) is 25.4. The second kappa shape index (κ2) is 33.1. The van der Waals surface area contributed by atoms with Gasteiger partial charge < -0.3 is 57.8 Å². The van der Waals surface area contributed by atoms with Crippen molar-refractivity contribution in [1.29, 1.82) is 5.26 Å². The van der Waals surface area contributed by atoms with Crippen molar-refractivity contribution in [3.63, 3.8) is 0 Å². The van der Waals surface area contributed by atoms with E-state index in [0.717, 1.165) is 180 Å². The van der Waals surface area contributed by atoms with Crippen molar-refractivity contribution in [2.75, 3.05) is 182 Å². The number of rotatable bonds is 6. The molecule has 404 valence electrons. The van der Waals surface area contributed by atoms with Gasteiger partial charge >= 0.3 is 0 Å². The van der Waals surface area contributed by atoms with Gasteiger partial charge in [-0.25, -0.2) is 0 Å². The summed E-state index contributed by atoms with van der Waals surface area (Å²) in [6.07, 6.45) is 6.31. The molecule has 6 saturated heterocycles. The summed E-state index contributed by atoms with van der Waals surface area (Å²) < 4.78 is 39.6. The predicted molar refractivity (Wildman–Crippen MR) is 305 cm³/mol. The number of aromatic nitrogens is 2. The molecule has 0 saturated carbocycles. The molecule has 6 fully saturated rings. The molecule has 0 spiro atoms. The molecule has 0 atom stereocenters. The summed E-state index contributed by atoms with van der Waals surface area (Å²) in [6.45, 7) is 23.9. The first-order chi connectivity index (χ1) is 36.9. The van der Waals surface area contributed by atoms with E-state index < -0.39 is 0 Å². The van der Waals surface area contributed by atoms with Gasteiger partial charge in [-0.3, -0.25) is 0 Å². The number of benzene rings is 4. The minimum absolute atomic E-state index is 0.502. The van der Waals surface area contributed by atoms with E-state index in [0.29, 0.717) is 10.7 Å². The van der Waals surface area contributed by atoms with Crippen molar-refractivity contribution in [3.8, 4) is 6.07 Å². The van der Waals surface area contributed by atoms with Crippen LogP contribution >= 0.6 is 34.9 Å². The lowest BCUT2D eigenvalue weighted by Gasteiger charge is -2.29. The number of aryl methyl sites for hydroxylation is 1. The van der Waals surface area contributed by atoms with Crippen molar-refractivity contribution in [2.45, 2.75) is 26.2 Å². The SMILES string of the molecule is C1=C(N2CCOCC2)CCC1.Cc1ccc(N2CCOCC2)cc1.Clc1ccc(N2CCOCC2)cc1.Clc1nsnc1N1CCOCC1.N#Cc1ccc(N2CCOCC2)cc1.c1ccc(N2CCOCC2)cc1. The molecule has 6 aliphatic heterocycles. The topological polar surface area (TPSA) is 124 Å². The minimum atomic E-state index is 0.502. The van der Waals surface area contributed by atoms with Gasteiger partial charge in [0.2, 0.25) is 0 Å². The van der Waals surface area contributed by atoms with Crippen molar-refractivity contribution in [3.05, 3.63) is 136 Å². The zero-order valence-corrected chi connectivity index (χ0v) is 46.0. The maximum atomic E-state index is 8.66. The zero-order valence-electron chi connectivity index (χ0n) is 43.6. The first-order valence-electron chi connectivity index (χ1n) is 26.4. The first kappa shape index (κ1) is 57.5. The fourth-order valence-electron chi connectivity index (χ4n) is 9.01. The van der Waals surface area contributed by atoms with Crippen LogP contribution in [0.2, 0.25) is 10.2 Å². The molecular formula is C57H75Cl2N9O6S. The Morgan fingerprint density at radius 3 is 1.20 bits per heavy atom. The highest BCUT2D eigenvalue weighted by atomic mass is 35.5. The molecule has 1 aliphatic carbocycles. The number of allylic oxidation sites excluding steroid dienone is 2. The fourth-order valence-corrected chi connectivity index (χ4v) is 9.91. The van der Waals surface area contributed by atoms with E-state index in [1.807, 2.05) is 54.6 Å². The van der Waals surface area contributed by atoms with Crippen LogP contribution in [-0.2, 0) is 28.4 Å². The number of hydrogen-bond acceptors (Lipinski definition) is 16. The third kappa shape index (κ3) is 20.0. The number of nitrogens with zero attached hydrogens (tertiary/aromatic N) is 9. The molecule has 0 bridgehead atoms. The second-order valence-electron chi connectivity index (χ2n) is 18.4. The monoisotopic (exact) mass is 1080 g/mol. The van der Waals surface area contributed by atoms with E-state index in [4.69, 9.17) is 56.9 Å². The number of hydrogen-bond donors (Lipinski definition) is 0. The average Bonchev–Trinajstić information content (AvgIpc) is 4.21. The van der Waals surface area contributed by atoms with Gasteiger partial charge in [0, 0.05) is 112 Å². The largest absolute Gasteiger partial charge is 0.378 e. The number of nitriles is 1. The van der Waals surface area contributed by atoms with E-state index in [1.54, 1.807) is 5.70 Å². The van der Waals surface area contributed by atoms with Gasteiger partial charge in [-0.2, -0.15) is 14.0 Å². The number of halogens is 2. The summed E-state index contributed by atoms with van der Waals surface area (Å²) in [6, 6.07) is 36.9. The maximum absolute atomic E-state index is 8.66. The molecule has 18 heteroatoms. The summed E-state index contributed by atoms with van der Waals surface area (Å²) in [5.41, 5.74) is 8.61. The van der Waals surface area contributed by atoms with E-state index >= 15 is 0 Å². The van der Waals surface area contributed by atoms with Gasteiger partial charge in [0.1, 0.15) is 0 Å². The normalized spacial score (nSPS) is 18.6. The Labute approximate surface area is 459 Å². The number of morpholine rings is 6. The summed E-state index contributed by atoms with van der Waals surface area (Å²) in [4.78, 5) is 13.8.